The standard InChI is InChI=1S/C16H21ClN2S/c1-11-4-3-7-16(9-11)10-20-15(19-16)18-14-8-13(17)6-5-12(14)2/h5-6,8,11H,3-4,7,9-10H2,1-2H3,(H,18,19). The molecule has 2 aliphatic rings. The number of thioether (sulfide) groups is 1. The second-order valence-electron chi connectivity index (χ2n) is 6.22. The number of aryl methyl sites for hydroxylation is 1. The SMILES string of the molecule is Cc1ccc(Cl)cc1NC1=NC2(CCCC(C)C2)CS1. The molecule has 2 atom stereocenters. The van der Waals surface area contributed by atoms with E-state index < -0.39 is 0 Å². The molecule has 108 valence electrons. The molecule has 0 bridgehead atoms. The smallest absolute Gasteiger partial charge is 0.161 e. The van der Waals surface area contributed by atoms with Crippen molar-refractivity contribution in [1.82, 2.24) is 0 Å². The van der Waals surface area contributed by atoms with E-state index in [1.165, 1.54) is 31.2 Å². The molecule has 0 saturated heterocycles. The summed E-state index contributed by atoms with van der Waals surface area (Å²) < 4.78 is 0. The highest BCUT2D eigenvalue weighted by Crippen LogP contribution is 2.42. The molecule has 1 aromatic rings. The largest absolute Gasteiger partial charge is 0.335 e. The van der Waals surface area contributed by atoms with Gasteiger partial charge in [-0.05, 0) is 43.4 Å². The van der Waals surface area contributed by atoms with Crippen molar-refractivity contribution < 1.29 is 0 Å². The lowest BCUT2D eigenvalue weighted by Gasteiger charge is -2.33. The Bertz CT molecular complexity index is 543. The summed E-state index contributed by atoms with van der Waals surface area (Å²) >= 11 is 7.93. The molecule has 1 aliphatic heterocycles. The summed E-state index contributed by atoms with van der Waals surface area (Å²) in [6.07, 6.45) is 5.15. The van der Waals surface area contributed by atoms with E-state index in [1.54, 1.807) is 0 Å². The van der Waals surface area contributed by atoms with E-state index in [0.29, 0.717) is 0 Å². The van der Waals surface area contributed by atoms with Crippen LogP contribution < -0.4 is 5.32 Å². The molecule has 2 nitrogen and oxygen atoms in total. The Morgan fingerprint density at radius 3 is 3.10 bits per heavy atom. The molecule has 3 rings (SSSR count). The van der Waals surface area contributed by atoms with Gasteiger partial charge in [-0.15, -0.1) is 0 Å². The van der Waals surface area contributed by atoms with Crippen LogP contribution >= 0.6 is 23.4 Å². The highest BCUT2D eigenvalue weighted by molar-refractivity contribution is 8.14. The van der Waals surface area contributed by atoms with Crippen LogP contribution in [0.2, 0.25) is 5.02 Å². The quantitative estimate of drug-likeness (QED) is 0.779. The number of anilines is 1. The van der Waals surface area contributed by atoms with E-state index in [1.807, 2.05) is 30.0 Å². The normalized spacial score (nSPS) is 29.6. The van der Waals surface area contributed by atoms with Crippen molar-refractivity contribution in [3.05, 3.63) is 28.8 Å². The van der Waals surface area contributed by atoms with Crippen LogP contribution in [0.1, 0.15) is 38.2 Å². The molecule has 1 heterocycles. The van der Waals surface area contributed by atoms with Gasteiger partial charge in [0.25, 0.3) is 0 Å². The minimum atomic E-state index is 0.192. The highest BCUT2D eigenvalue weighted by Gasteiger charge is 2.39. The summed E-state index contributed by atoms with van der Waals surface area (Å²) in [7, 11) is 0. The summed E-state index contributed by atoms with van der Waals surface area (Å²) in [5.41, 5.74) is 2.47. The Morgan fingerprint density at radius 1 is 1.45 bits per heavy atom. The molecular weight excluding hydrogens is 288 g/mol. The Labute approximate surface area is 130 Å². The number of nitrogens with one attached hydrogen (secondary N) is 1. The third-order valence-corrected chi connectivity index (χ3v) is 5.71. The molecule has 1 fully saturated rings. The van der Waals surface area contributed by atoms with Gasteiger partial charge in [-0.25, -0.2) is 0 Å². The molecule has 0 aromatic heterocycles. The zero-order valence-electron chi connectivity index (χ0n) is 12.1. The number of halogens is 1. The third-order valence-electron chi connectivity index (χ3n) is 4.32. The van der Waals surface area contributed by atoms with Crippen molar-refractivity contribution in [2.24, 2.45) is 10.9 Å². The molecular formula is C16H21ClN2S. The predicted octanol–water partition coefficient (Wildman–Crippen LogP) is 5.11. The highest BCUT2D eigenvalue weighted by atomic mass is 35.5. The first-order chi connectivity index (χ1) is 9.56. The molecule has 0 amide bonds. The Hall–Kier alpha value is -0.670. The van der Waals surface area contributed by atoms with E-state index in [-0.39, 0.29) is 5.54 Å². The second-order valence-corrected chi connectivity index (χ2v) is 7.62. The van der Waals surface area contributed by atoms with Crippen molar-refractivity contribution in [2.75, 3.05) is 11.1 Å². The monoisotopic (exact) mass is 308 g/mol. The topological polar surface area (TPSA) is 24.4 Å². The zero-order chi connectivity index (χ0) is 14.2. The maximum atomic E-state index is 6.08. The number of benzene rings is 1. The number of hydrogen-bond acceptors (Lipinski definition) is 3. The Morgan fingerprint density at radius 2 is 2.30 bits per heavy atom. The van der Waals surface area contributed by atoms with Gasteiger partial charge in [0.1, 0.15) is 0 Å². The summed E-state index contributed by atoms with van der Waals surface area (Å²) in [5, 5.41) is 5.29. The van der Waals surface area contributed by atoms with Crippen molar-refractivity contribution in [1.29, 1.82) is 0 Å². The molecule has 4 heteroatoms. The fourth-order valence-electron chi connectivity index (χ4n) is 3.26. The number of amidine groups is 1. The maximum absolute atomic E-state index is 6.08. The lowest BCUT2D eigenvalue weighted by atomic mass is 9.78. The second kappa shape index (κ2) is 5.61. The summed E-state index contributed by atoms with van der Waals surface area (Å²) in [6, 6.07) is 5.95. The fraction of sp³-hybridized carbons (Fsp3) is 0.562. The van der Waals surface area contributed by atoms with E-state index in [2.05, 4.69) is 19.2 Å². The van der Waals surface area contributed by atoms with Gasteiger partial charge >= 0.3 is 0 Å². The van der Waals surface area contributed by atoms with Gasteiger partial charge < -0.3 is 5.32 Å². The van der Waals surface area contributed by atoms with Crippen LogP contribution in [-0.4, -0.2) is 16.5 Å². The van der Waals surface area contributed by atoms with Crippen LogP contribution in [0.25, 0.3) is 0 Å². The molecule has 1 aromatic carbocycles. The molecule has 1 N–H and O–H groups in total. The van der Waals surface area contributed by atoms with Crippen molar-refractivity contribution in [2.45, 2.75) is 45.1 Å². The molecule has 1 spiro atoms. The maximum Gasteiger partial charge on any atom is 0.161 e. The Kier molecular flexibility index (Phi) is 4.00. The minimum absolute atomic E-state index is 0.192. The Balaban J connectivity index is 1.77. The van der Waals surface area contributed by atoms with Gasteiger partial charge in [-0.1, -0.05) is 49.2 Å². The molecule has 2 unspecified atom stereocenters. The van der Waals surface area contributed by atoms with Gasteiger partial charge in [0.2, 0.25) is 0 Å². The molecule has 1 saturated carbocycles. The first-order valence-corrected chi connectivity index (χ1v) is 8.69. The van der Waals surface area contributed by atoms with Gasteiger partial charge in [-0.2, -0.15) is 0 Å². The van der Waals surface area contributed by atoms with Gasteiger partial charge in [-0.3, -0.25) is 4.99 Å². The number of rotatable bonds is 1. The van der Waals surface area contributed by atoms with Crippen LogP contribution in [0.15, 0.2) is 23.2 Å². The summed E-state index contributed by atoms with van der Waals surface area (Å²) in [4.78, 5) is 5.02. The lowest BCUT2D eigenvalue weighted by Crippen LogP contribution is -2.33. The van der Waals surface area contributed by atoms with Crippen LogP contribution in [0.5, 0.6) is 0 Å². The fourth-order valence-corrected chi connectivity index (χ4v) is 4.60. The predicted molar refractivity (Wildman–Crippen MR) is 90.1 cm³/mol. The van der Waals surface area contributed by atoms with Crippen molar-refractivity contribution in [3.8, 4) is 0 Å². The van der Waals surface area contributed by atoms with Crippen molar-refractivity contribution in [3.63, 3.8) is 0 Å². The first kappa shape index (κ1) is 14.3. The van der Waals surface area contributed by atoms with Crippen LogP contribution in [-0.2, 0) is 0 Å². The van der Waals surface area contributed by atoms with Gasteiger partial charge in [0.05, 0.1) is 5.54 Å². The number of aliphatic imine (C=N–C) groups is 1. The van der Waals surface area contributed by atoms with Crippen molar-refractivity contribution >= 4 is 34.2 Å². The summed E-state index contributed by atoms with van der Waals surface area (Å²) in [5.74, 6) is 1.93. The molecule has 0 radical (unpaired) electrons. The van der Waals surface area contributed by atoms with Gasteiger partial charge in [0, 0.05) is 16.5 Å². The average Bonchev–Trinajstić information content (AvgIpc) is 2.76. The average molecular weight is 309 g/mol. The first-order valence-electron chi connectivity index (χ1n) is 7.32. The van der Waals surface area contributed by atoms with Gasteiger partial charge in [0.15, 0.2) is 5.17 Å². The zero-order valence-corrected chi connectivity index (χ0v) is 13.7. The molecule has 1 aliphatic carbocycles. The van der Waals surface area contributed by atoms with E-state index in [9.17, 15) is 0 Å². The minimum Gasteiger partial charge on any atom is -0.335 e. The van der Waals surface area contributed by atoms with E-state index in [4.69, 9.17) is 16.6 Å². The van der Waals surface area contributed by atoms with Crippen LogP contribution in [0.4, 0.5) is 5.69 Å². The number of hydrogen-bond donors (Lipinski definition) is 1. The van der Waals surface area contributed by atoms with Crippen LogP contribution in [0.3, 0.4) is 0 Å². The lowest BCUT2D eigenvalue weighted by molar-refractivity contribution is 0.266. The van der Waals surface area contributed by atoms with E-state index in [0.717, 1.165) is 27.5 Å². The summed E-state index contributed by atoms with van der Waals surface area (Å²) in [6.45, 7) is 4.45. The van der Waals surface area contributed by atoms with E-state index >= 15 is 0 Å². The van der Waals surface area contributed by atoms with Crippen LogP contribution in [0, 0.1) is 12.8 Å². The number of nitrogens with zero attached hydrogens (tertiary/aromatic N) is 1. The molecule has 20 heavy (non-hydrogen) atoms. The third kappa shape index (κ3) is 2.99.